The average molecular weight is 433 g/mol. The largest absolute Gasteiger partial charge is 0.351 e. The molecule has 0 radical (unpaired) electrons. The molecular weight excluding hydrogens is 407 g/mol. The van der Waals surface area contributed by atoms with E-state index in [4.69, 9.17) is 23.2 Å². The first-order valence-corrected chi connectivity index (χ1v) is 10.9. The van der Waals surface area contributed by atoms with Crippen LogP contribution in [-0.2, 0) is 16.1 Å². The number of alkyl halides is 1. The van der Waals surface area contributed by atoms with Gasteiger partial charge >= 0.3 is 0 Å². The fourth-order valence-electron chi connectivity index (χ4n) is 3.83. The Morgan fingerprint density at radius 2 is 1.66 bits per heavy atom. The van der Waals surface area contributed by atoms with E-state index in [0.717, 1.165) is 36.8 Å². The molecule has 6 heteroatoms. The van der Waals surface area contributed by atoms with E-state index in [9.17, 15) is 9.59 Å². The summed E-state index contributed by atoms with van der Waals surface area (Å²) >= 11 is 12.0. The predicted molar refractivity (Wildman–Crippen MR) is 117 cm³/mol. The first-order valence-electron chi connectivity index (χ1n) is 10.0. The van der Waals surface area contributed by atoms with Crippen molar-refractivity contribution in [2.24, 2.45) is 0 Å². The zero-order chi connectivity index (χ0) is 20.6. The van der Waals surface area contributed by atoms with E-state index in [-0.39, 0.29) is 23.7 Å². The number of carbonyl (C=O) groups excluding carboxylic acids is 2. The molecule has 0 aromatic heterocycles. The van der Waals surface area contributed by atoms with Crippen LogP contribution in [0.15, 0.2) is 54.6 Å². The number of rotatable bonds is 7. The highest BCUT2D eigenvalue weighted by Gasteiger charge is 2.32. The predicted octanol–water partition coefficient (Wildman–Crippen LogP) is 5.10. The standard InChI is InChI=1S/C23H26Cl2N2O2/c24-15-21(28)27(16-17-7-3-1-4-8-17)22(18-11-13-19(25)14-12-18)23(29)26-20-9-5-2-6-10-20/h1,3-4,7-8,11-14,20,22H,2,5-6,9-10,15-16H2,(H,26,29)/t22-/m1/s1. The van der Waals surface area contributed by atoms with E-state index < -0.39 is 6.04 Å². The van der Waals surface area contributed by atoms with Crippen molar-refractivity contribution in [2.75, 3.05) is 5.88 Å². The Hall–Kier alpha value is -2.04. The van der Waals surface area contributed by atoms with E-state index in [0.29, 0.717) is 11.6 Å². The van der Waals surface area contributed by atoms with Gasteiger partial charge in [-0.05, 0) is 36.1 Å². The second-order valence-electron chi connectivity index (χ2n) is 7.44. The van der Waals surface area contributed by atoms with Gasteiger partial charge < -0.3 is 10.2 Å². The minimum Gasteiger partial charge on any atom is -0.351 e. The first kappa shape index (κ1) is 21.7. The van der Waals surface area contributed by atoms with E-state index in [2.05, 4.69) is 5.32 Å². The zero-order valence-electron chi connectivity index (χ0n) is 16.3. The second kappa shape index (κ2) is 10.7. The Kier molecular flexibility index (Phi) is 7.96. The molecule has 0 bridgehead atoms. The van der Waals surface area contributed by atoms with Crippen molar-refractivity contribution in [3.05, 3.63) is 70.7 Å². The van der Waals surface area contributed by atoms with Gasteiger partial charge in [-0.1, -0.05) is 73.3 Å². The summed E-state index contributed by atoms with van der Waals surface area (Å²) in [7, 11) is 0. The average Bonchev–Trinajstić information content (AvgIpc) is 2.75. The molecule has 0 aliphatic heterocycles. The van der Waals surface area contributed by atoms with Crippen LogP contribution in [0.1, 0.15) is 49.3 Å². The molecule has 2 aromatic rings. The van der Waals surface area contributed by atoms with Gasteiger partial charge in [-0.25, -0.2) is 0 Å². The molecule has 2 aromatic carbocycles. The third-order valence-corrected chi connectivity index (χ3v) is 5.81. The molecule has 1 N–H and O–H groups in total. The van der Waals surface area contributed by atoms with Crippen molar-refractivity contribution in [3.63, 3.8) is 0 Å². The molecule has 1 aliphatic carbocycles. The van der Waals surface area contributed by atoms with Crippen molar-refractivity contribution >= 4 is 35.0 Å². The lowest BCUT2D eigenvalue weighted by Gasteiger charge is -2.33. The van der Waals surface area contributed by atoms with Crippen LogP contribution in [0.3, 0.4) is 0 Å². The van der Waals surface area contributed by atoms with Crippen LogP contribution >= 0.6 is 23.2 Å². The van der Waals surface area contributed by atoms with Crippen molar-refractivity contribution in [1.82, 2.24) is 10.2 Å². The highest BCUT2D eigenvalue weighted by atomic mass is 35.5. The summed E-state index contributed by atoms with van der Waals surface area (Å²) in [6.45, 7) is 0.303. The van der Waals surface area contributed by atoms with Gasteiger partial charge in [0.15, 0.2) is 0 Å². The van der Waals surface area contributed by atoms with Gasteiger partial charge in [0, 0.05) is 17.6 Å². The normalized spacial score (nSPS) is 15.5. The summed E-state index contributed by atoms with van der Waals surface area (Å²) in [5, 5.41) is 3.75. The molecule has 1 aliphatic rings. The molecule has 0 spiro atoms. The Bertz CT molecular complexity index is 805. The van der Waals surface area contributed by atoms with Gasteiger partial charge in [-0.3, -0.25) is 9.59 Å². The number of benzene rings is 2. The SMILES string of the molecule is O=C(NC1CCCCC1)[C@@H](c1ccc(Cl)cc1)N(Cc1ccccc1)C(=O)CCl. The van der Waals surface area contributed by atoms with Crippen LogP contribution < -0.4 is 5.32 Å². The van der Waals surface area contributed by atoms with E-state index in [1.165, 1.54) is 6.42 Å². The zero-order valence-corrected chi connectivity index (χ0v) is 17.8. The smallest absolute Gasteiger partial charge is 0.247 e. The number of nitrogens with zero attached hydrogens (tertiary/aromatic N) is 1. The number of amides is 2. The maximum atomic E-state index is 13.4. The lowest BCUT2D eigenvalue weighted by atomic mass is 9.94. The van der Waals surface area contributed by atoms with Gasteiger partial charge in [-0.15, -0.1) is 11.6 Å². The number of halogens is 2. The monoisotopic (exact) mass is 432 g/mol. The maximum Gasteiger partial charge on any atom is 0.247 e. The summed E-state index contributed by atoms with van der Waals surface area (Å²) < 4.78 is 0. The molecule has 3 rings (SSSR count). The fourth-order valence-corrected chi connectivity index (χ4v) is 4.10. The molecule has 29 heavy (non-hydrogen) atoms. The minimum absolute atomic E-state index is 0.149. The number of nitrogens with one attached hydrogen (secondary N) is 1. The van der Waals surface area contributed by atoms with Gasteiger partial charge in [-0.2, -0.15) is 0 Å². The van der Waals surface area contributed by atoms with Crippen LogP contribution in [0.25, 0.3) is 0 Å². The molecule has 1 atom stereocenters. The lowest BCUT2D eigenvalue weighted by molar-refractivity contribution is -0.140. The van der Waals surface area contributed by atoms with E-state index in [1.54, 1.807) is 29.2 Å². The number of hydrogen-bond donors (Lipinski definition) is 1. The molecule has 154 valence electrons. The Morgan fingerprint density at radius 1 is 1.00 bits per heavy atom. The fraction of sp³-hybridized carbons (Fsp3) is 0.391. The first-order chi connectivity index (χ1) is 14.1. The van der Waals surface area contributed by atoms with Gasteiger partial charge in [0.2, 0.25) is 11.8 Å². The molecular formula is C23H26Cl2N2O2. The van der Waals surface area contributed by atoms with E-state index in [1.807, 2.05) is 30.3 Å². The minimum atomic E-state index is -0.763. The van der Waals surface area contributed by atoms with Crippen molar-refractivity contribution in [2.45, 2.75) is 50.7 Å². The van der Waals surface area contributed by atoms with Gasteiger partial charge in [0.1, 0.15) is 11.9 Å². The highest BCUT2D eigenvalue weighted by Crippen LogP contribution is 2.27. The molecule has 2 amide bonds. The van der Waals surface area contributed by atoms with Gasteiger partial charge in [0.25, 0.3) is 0 Å². The Balaban J connectivity index is 1.92. The Labute approximate surface area is 182 Å². The van der Waals surface area contributed by atoms with Crippen molar-refractivity contribution < 1.29 is 9.59 Å². The number of carbonyl (C=O) groups is 2. The lowest BCUT2D eigenvalue weighted by Crippen LogP contribution is -2.47. The van der Waals surface area contributed by atoms with Crippen molar-refractivity contribution in [3.8, 4) is 0 Å². The highest BCUT2D eigenvalue weighted by molar-refractivity contribution is 6.30. The van der Waals surface area contributed by atoms with Crippen LogP contribution in [0.2, 0.25) is 5.02 Å². The maximum absolute atomic E-state index is 13.4. The summed E-state index contributed by atoms with van der Waals surface area (Å²) in [6.07, 6.45) is 5.38. The third kappa shape index (κ3) is 5.97. The molecule has 0 saturated heterocycles. The topological polar surface area (TPSA) is 49.4 Å². The summed E-state index contributed by atoms with van der Waals surface area (Å²) in [5.41, 5.74) is 1.66. The van der Waals surface area contributed by atoms with Crippen LogP contribution in [0, 0.1) is 0 Å². The number of hydrogen-bond acceptors (Lipinski definition) is 2. The molecule has 4 nitrogen and oxygen atoms in total. The summed E-state index contributed by atoms with van der Waals surface area (Å²) in [5.74, 6) is -0.643. The van der Waals surface area contributed by atoms with Crippen LogP contribution in [0.5, 0.6) is 0 Å². The van der Waals surface area contributed by atoms with Crippen LogP contribution in [-0.4, -0.2) is 28.6 Å². The van der Waals surface area contributed by atoms with Crippen molar-refractivity contribution in [1.29, 1.82) is 0 Å². The summed E-state index contributed by atoms with van der Waals surface area (Å²) in [6, 6.07) is 16.1. The van der Waals surface area contributed by atoms with E-state index >= 15 is 0 Å². The second-order valence-corrected chi connectivity index (χ2v) is 8.14. The summed E-state index contributed by atoms with van der Waals surface area (Å²) in [4.78, 5) is 27.7. The molecule has 0 heterocycles. The molecule has 1 saturated carbocycles. The Morgan fingerprint density at radius 3 is 2.28 bits per heavy atom. The molecule has 1 fully saturated rings. The quantitative estimate of drug-likeness (QED) is 0.618. The van der Waals surface area contributed by atoms with Gasteiger partial charge in [0.05, 0.1) is 0 Å². The van der Waals surface area contributed by atoms with Crippen LogP contribution in [0.4, 0.5) is 0 Å². The molecule has 0 unspecified atom stereocenters. The third-order valence-electron chi connectivity index (χ3n) is 5.33.